The fraction of sp³-hybridized carbons (Fsp3) is 0.939. The third-order valence-electron chi connectivity index (χ3n) is 11.3. The Kier molecular flexibility index (Phi) is 40.8. The molecule has 0 bridgehead atoms. The lowest BCUT2D eigenvalue weighted by Gasteiger charge is -2.18. The highest BCUT2D eigenvalue weighted by Gasteiger charge is 2.19. The molecule has 326 valence electrons. The van der Waals surface area contributed by atoms with E-state index in [1.54, 1.807) is 0 Å². The van der Waals surface area contributed by atoms with E-state index >= 15 is 0 Å². The number of hydrogen-bond acceptors (Lipinski definition) is 6. The summed E-state index contributed by atoms with van der Waals surface area (Å²) in [5.74, 6) is 0.830. The summed E-state index contributed by atoms with van der Waals surface area (Å²) in [6, 6.07) is 0. The van der Waals surface area contributed by atoms with Crippen molar-refractivity contribution in [2.45, 2.75) is 272 Å². The molecular weight excluding hydrogens is 685 g/mol. The van der Waals surface area contributed by atoms with Crippen LogP contribution in [0.5, 0.6) is 0 Å². The van der Waals surface area contributed by atoms with E-state index in [1.807, 2.05) is 0 Å². The molecule has 0 aliphatic heterocycles. The number of carbonyl (C=O) groups excluding carboxylic acids is 3. The van der Waals surface area contributed by atoms with E-state index in [4.69, 9.17) is 14.2 Å². The molecule has 0 aliphatic rings. The molecule has 0 fully saturated rings. The number of unbranched alkanes of at least 4 members (excludes halogenated alkanes) is 27. The maximum atomic E-state index is 12.7. The van der Waals surface area contributed by atoms with Gasteiger partial charge in [0.2, 0.25) is 0 Å². The molecule has 2 atom stereocenters. The Balaban J connectivity index is 4.30. The summed E-state index contributed by atoms with van der Waals surface area (Å²) in [5, 5.41) is 0. The van der Waals surface area contributed by atoms with Crippen molar-refractivity contribution < 1.29 is 28.6 Å². The van der Waals surface area contributed by atoms with E-state index < -0.39 is 6.10 Å². The summed E-state index contributed by atoms with van der Waals surface area (Å²) < 4.78 is 16.7. The van der Waals surface area contributed by atoms with Gasteiger partial charge in [0.15, 0.2) is 6.10 Å². The fourth-order valence-corrected chi connectivity index (χ4v) is 7.25. The van der Waals surface area contributed by atoms with Gasteiger partial charge >= 0.3 is 17.9 Å². The van der Waals surface area contributed by atoms with Crippen LogP contribution >= 0.6 is 0 Å². The second kappa shape index (κ2) is 42.0. The molecule has 0 saturated carbocycles. The minimum atomic E-state index is -0.760. The van der Waals surface area contributed by atoms with Gasteiger partial charge in [0, 0.05) is 19.3 Å². The number of ether oxygens (including phenoxy) is 3. The van der Waals surface area contributed by atoms with Crippen LogP contribution in [0.4, 0.5) is 0 Å². The van der Waals surface area contributed by atoms with Crippen LogP contribution in [-0.4, -0.2) is 37.2 Å². The van der Waals surface area contributed by atoms with E-state index in [2.05, 4.69) is 34.6 Å². The normalized spacial score (nSPS) is 12.5. The number of rotatable bonds is 43. The lowest BCUT2D eigenvalue weighted by Crippen LogP contribution is -2.30. The van der Waals surface area contributed by atoms with Crippen molar-refractivity contribution in [3.63, 3.8) is 0 Å². The number of esters is 3. The second-order valence-corrected chi connectivity index (χ2v) is 17.5. The van der Waals surface area contributed by atoms with Gasteiger partial charge in [0.25, 0.3) is 0 Å². The molecule has 6 heteroatoms. The van der Waals surface area contributed by atoms with Gasteiger partial charge in [0.1, 0.15) is 13.2 Å². The largest absolute Gasteiger partial charge is 0.462 e. The van der Waals surface area contributed by atoms with Crippen molar-refractivity contribution in [1.82, 2.24) is 0 Å². The summed E-state index contributed by atoms with van der Waals surface area (Å²) in [7, 11) is 0. The van der Waals surface area contributed by atoms with Gasteiger partial charge in [-0.2, -0.15) is 0 Å². The van der Waals surface area contributed by atoms with Gasteiger partial charge in [0.05, 0.1) is 0 Å². The molecule has 55 heavy (non-hydrogen) atoms. The molecule has 6 nitrogen and oxygen atoms in total. The van der Waals surface area contributed by atoms with E-state index in [0.29, 0.717) is 19.3 Å². The Morgan fingerprint density at radius 1 is 0.382 bits per heavy atom. The Bertz CT molecular complexity index is 841. The standard InChI is InChI=1S/C49H94O6/c1-6-8-9-10-11-17-24-29-34-39-47(50)53-42-46(43-54-48(51)40-35-30-25-21-20-23-28-33-38-45(5)7-2)55-49(52)41-36-31-26-19-16-14-12-13-15-18-22-27-32-37-44(3)4/h44-46H,6-43H2,1-5H3/t45?,46-/m1/s1. The molecule has 0 rings (SSSR count). The highest BCUT2D eigenvalue weighted by atomic mass is 16.6. The van der Waals surface area contributed by atoms with Crippen LogP contribution in [0.15, 0.2) is 0 Å². The van der Waals surface area contributed by atoms with Gasteiger partial charge in [-0.05, 0) is 31.1 Å². The van der Waals surface area contributed by atoms with Crippen LogP contribution in [0.25, 0.3) is 0 Å². The quantitative estimate of drug-likeness (QED) is 0.0348. The molecule has 0 aliphatic carbocycles. The van der Waals surface area contributed by atoms with Gasteiger partial charge in [-0.15, -0.1) is 0 Å². The van der Waals surface area contributed by atoms with E-state index in [0.717, 1.165) is 69.6 Å². The third kappa shape index (κ3) is 41.9. The Labute approximate surface area is 342 Å². The lowest BCUT2D eigenvalue weighted by molar-refractivity contribution is -0.167. The van der Waals surface area contributed by atoms with Crippen LogP contribution in [0.2, 0.25) is 0 Å². The maximum absolute atomic E-state index is 12.7. The van der Waals surface area contributed by atoms with Gasteiger partial charge in [-0.25, -0.2) is 0 Å². The van der Waals surface area contributed by atoms with Crippen molar-refractivity contribution in [2.75, 3.05) is 13.2 Å². The van der Waals surface area contributed by atoms with Crippen molar-refractivity contribution in [3.8, 4) is 0 Å². The first kappa shape index (κ1) is 53.4. The van der Waals surface area contributed by atoms with Gasteiger partial charge < -0.3 is 14.2 Å². The SMILES string of the molecule is CCCCCCCCCCCC(=O)OC[C@H](COC(=O)CCCCCCCCCCC(C)CC)OC(=O)CCCCCCCCCCCCCCCC(C)C. The molecule has 0 radical (unpaired) electrons. The summed E-state index contributed by atoms with van der Waals surface area (Å²) >= 11 is 0. The molecule has 0 saturated heterocycles. The summed E-state index contributed by atoms with van der Waals surface area (Å²) in [5.41, 5.74) is 0. The topological polar surface area (TPSA) is 78.9 Å². The van der Waals surface area contributed by atoms with Crippen LogP contribution < -0.4 is 0 Å². The van der Waals surface area contributed by atoms with Crippen LogP contribution in [0.1, 0.15) is 266 Å². The molecule has 0 N–H and O–H groups in total. The number of carbonyl (C=O) groups is 3. The minimum absolute atomic E-state index is 0.0647. The van der Waals surface area contributed by atoms with Crippen molar-refractivity contribution in [2.24, 2.45) is 11.8 Å². The first-order chi connectivity index (χ1) is 26.8. The average molecular weight is 779 g/mol. The molecular formula is C49H94O6. The predicted octanol–water partition coefficient (Wildman–Crippen LogP) is 15.4. The van der Waals surface area contributed by atoms with Crippen LogP contribution in [-0.2, 0) is 28.6 Å². The Hall–Kier alpha value is -1.59. The zero-order chi connectivity index (χ0) is 40.5. The number of hydrogen-bond donors (Lipinski definition) is 0. The van der Waals surface area contributed by atoms with E-state index in [-0.39, 0.29) is 31.1 Å². The maximum Gasteiger partial charge on any atom is 0.306 e. The van der Waals surface area contributed by atoms with Crippen LogP contribution in [0, 0.1) is 11.8 Å². The first-order valence-electron chi connectivity index (χ1n) is 24.3. The molecule has 0 spiro atoms. The second-order valence-electron chi connectivity index (χ2n) is 17.5. The van der Waals surface area contributed by atoms with Crippen LogP contribution in [0.3, 0.4) is 0 Å². The smallest absolute Gasteiger partial charge is 0.306 e. The molecule has 0 amide bonds. The Morgan fingerprint density at radius 2 is 0.691 bits per heavy atom. The monoisotopic (exact) mass is 779 g/mol. The van der Waals surface area contributed by atoms with E-state index in [9.17, 15) is 14.4 Å². The molecule has 0 aromatic rings. The van der Waals surface area contributed by atoms with Gasteiger partial charge in [-0.1, -0.05) is 227 Å². The predicted molar refractivity (Wildman–Crippen MR) is 233 cm³/mol. The zero-order valence-electron chi connectivity index (χ0n) is 37.6. The minimum Gasteiger partial charge on any atom is -0.462 e. The first-order valence-corrected chi connectivity index (χ1v) is 24.3. The molecule has 0 heterocycles. The van der Waals surface area contributed by atoms with Crippen molar-refractivity contribution in [3.05, 3.63) is 0 Å². The summed E-state index contributed by atoms with van der Waals surface area (Å²) in [4.78, 5) is 37.8. The highest BCUT2D eigenvalue weighted by Crippen LogP contribution is 2.17. The van der Waals surface area contributed by atoms with Crippen molar-refractivity contribution in [1.29, 1.82) is 0 Å². The lowest BCUT2D eigenvalue weighted by atomic mass is 9.99. The Morgan fingerprint density at radius 3 is 1.04 bits per heavy atom. The fourth-order valence-electron chi connectivity index (χ4n) is 7.25. The van der Waals surface area contributed by atoms with Gasteiger partial charge in [-0.3, -0.25) is 14.4 Å². The van der Waals surface area contributed by atoms with Crippen molar-refractivity contribution >= 4 is 17.9 Å². The van der Waals surface area contributed by atoms with E-state index in [1.165, 1.54) is 154 Å². The molecule has 0 aromatic carbocycles. The highest BCUT2D eigenvalue weighted by molar-refractivity contribution is 5.71. The zero-order valence-corrected chi connectivity index (χ0v) is 37.6. The molecule has 1 unspecified atom stereocenters. The summed E-state index contributed by atoms with van der Waals surface area (Å²) in [6.07, 6.45) is 40.8. The molecule has 0 aromatic heterocycles. The average Bonchev–Trinajstić information content (AvgIpc) is 3.17. The summed E-state index contributed by atoms with van der Waals surface area (Å²) in [6.45, 7) is 11.3. The third-order valence-corrected chi connectivity index (χ3v) is 11.3.